The number of carbonyl (C=O) groups excluding carboxylic acids is 3. The van der Waals surface area contributed by atoms with Crippen molar-refractivity contribution in [1.29, 1.82) is 0 Å². The van der Waals surface area contributed by atoms with Gasteiger partial charge in [-0.25, -0.2) is 14.0 Å². The Hall–Kier alpha value is -3.48. The van der Waals surface area contributed by atoms with E-state index in [9.17, 15) is 18.8 Å². The zero-order valence-corrected chi connectivity index (χ0v) is 17.0. The highest BCUT2D eigenvalue weighted by Gasteiger charge is 2.36. The minimum absolute atomic E-state index is 0.0193. The van der Waals surface area contributed by atoms with E-state index < -0.39 is 23.7 Å². The van der Waals surface area contributed by atoms with Crippen molar-refractivity contribution in [3.05, 3.63) is 82.3 Å². The maximum atomic E-state index is 13.7. The average molecular weight is 411 g/mol. The Kier molecular flexibility index (Phi) is 6.30. The summed E-state index contributed by atoms with van der Waals surface area (Å²) in [6, 6.07) is 12.6. The molecule has 7 heteroatoms. The summed E-state index contributed by atoms with van der Waals surface area (Å²) in [7, 11) is 2.58. The van der Waals surface area contributed by atoms with Gasteiger partial charge in [0.15, 0.2) is 0 Å². The highest BCUT2D eigenvalue weighted by molar-refractivity contribution is 5.95. The van der Waals surface area contributed by atoms with Crippen LogP contribution in [0.15, 0.2) is 59.8 Å². The van der Waals surface area contributed by atoms with Gasteiger partial charge in [0.25, 0.3) is 0 Å². The molecule has 2 aromatic rings. The molecule has 0 bridgehead atoms. The van der Waals surface area contributed by atoms with Gasteiger partial charge >= 0.3 is 11.9 Å². The van der Waals surface area contributed by atoms with E-state index in [-0.39, 0.29) is 18.9 Å². The highest BCUT2D eigenvalue weighted by atomic mass is 19.1. The first-order valence-electron chi connectivity index (χ1n) is 9.37. The second kappa shape index (κ2) is 8.90. The molecule has 0 radical (unpaired) electrons. The standard InChI is InChI=1S/C23H22FNO5/c1-14-21(23(28)30-3)19(17-5-4-6-18(24)11-17)12-20(26)25(14)13-15-7-9-16(10-8-15)22(27)29-2/h4-11,19H,12-13H2,1-3H3/t19-/m1/s1. The van der Waals surface area contributed by atoms with Crippen LogP contribution in [0, 0.1) is 5.82 Å². The lowest BCUT2D eigenvalue weighted by Crippen LogP contribution is -2.38. The molecule has 30 heavy (non-hydrogen) atoms. The predicted molar refractivity (Wildman–Crippen MR) is 107 cm³/mol. The third-order valence-electron chi connectivity index (χ3n) is 5.19. The Balaban J connectivity index is 1.96. The second-order valence-corrected chi connectivity index (χ2v) is 6.97. The molecule has 0 saturated heterocycles. The first-order valence-corrected chi connectivity index (χ1v) is 9.37. The molecule has 6 nitrogen and oxygen atoms in total. The molecule has 1 aliphatic heterocycles. The fourth-order valence-electron chi connectivity index (χ4n) is 3.63. The van der Waals surface area contributed by atoms with E-state index in [1.165, 1.54) is 31.3 Å². The Labute approximate surface area is 173 Å². The molecule has 0 saturated carbocycles. The second-order valence-electron chi connectivity index (χ2n) is 6.97. The number of carbonyl (C=O) groups is 3. The number of halogens is 1. The SMILES string of the molecule is COC(=O)C1=C(C)N(Cc2ccc(C(=O)OC)cc2)C(=O)C[C@@H]1c1cccc(F)c1. The van der Waals surface area contributed by atoms with Crippen LogP contribution in [0.25, 0.3) is 0 Å². The highest BCUT2D eigenvalue weighted by Crippen LogP contribution is 2.37. The first kappa shape index (κ1) is 21.2. The van der Waals surface area contributed by atoms with Crippen molar-refractivity contribution in [2.24, 2.45) is 0 Å². The van der Waals surface area contributed by atoms with Crippen molar-refractivity contribution < 1.29 is 28.2 Å². The molecule has 0 aliphatic carbocycles. The molecule has 0 unspecified atom stereocenters. The van der Waals surface area contributed by atoms with E-state index in [4.69, 9.17) is 4.74 Å². The summed E-state index contributed by atoms with van der Waals surface area (Å²) in [6.45, 7) is 1.90. The summed E-state index contributed by atoms with van der Waals surface area (Å²) in [5, 5.41) is 0. The molecule has 3 rings (SSSR count). The third-order valence-corrected chi connectivity index (χ3v) is 5.19. The van der Waals surface area contributed by atoms with Crippen LogP contribution < -0.4 is 0 Å². The molecule has 1 amide bonds. The van der Waals surface area contributed by atoms with Crippen molar-refractivity contribution in [1.82, 2.24) is 4.90 Å². The minimum atomic E-state index is -0.585. The zero-order chi connectivity index (χ0) is 21.8. The summed E-state index contributed by atoms with van der Waals surface area (Å²) in [4.78, 5) is 38.6. The number of rotatable bonds is 5. The summed E-state index contributed by atoms with van der Waals surface area (Å²) in [5.74, 6) is -2.21. The lowest BCUT2D eigenvalue weighted by molar-refractivity contribution is -0.138. The van der Waals surface area contributed by atoms with Crippen molar-refractivity contribution in [3.8, 4) is 0 Å². The van der Waals surface area contributed by atoms with E-state index in [1.54, 1.807) is 43.3 Å². The lowest BCUT2D eigenvalue weighted by Gasteiger charge is -2.34. The number of methoxy groups -OCH3 is 2. The molecule has 1 heterocycles. The Morgan fingerprint density at radius 3 is 2.33 bits per heavy atom. The zero-order valence-electron chi connectivity index (χ0n) is 17.0. The van der Waals surface area contributed by atoms with Gasteiger partial charge in [0, 0.05) is 18.0 Å². The van der Waals surface area contributed by atoms with Crippen LogP contribution >= 0.6 is 0 Å². The van der Waals surface area contributed by atoms with Crippen LogP contribution in [-0.2, 0) is 25.6 Å². The van der Waals surface area contributed by atoms with Crippen LogP contribution in [0.4, 0.5) is 4.39 Å². The summed E-state index contributed by atoms with van der Waals surface area (Å²) in [6.07, 6.45) is 0.0193. The third kappa shape index (κ3) is 4.25. The molecular formula is C23H22FNO5. The van der Waals surface area contributed by atoms with Crippen LogP contribution in [0.5, 0.6) is 0 Å². The van der Waals surface area contributed by atoms with Crippen LogP contribution in [0.1, 0.15) is 40.7 Å². The number of hydrogen-bond acceptors (Lipinski definition) is 5. The Morgan fingerprint density at radius 2 is 1.73 bits per heavy atom. The average Bonchev–Trinajstić information content (AvgIpc) is 2.75. The van der Waals surface area contributed by atoms with E-state index in [2.05, 4.69) is 4.74 Å². The van der Waals surface area contributed by atoms with E-state index in [1.807, 2.05) is 0 Å². The number of nitrogens with zero attached hydrogens (tertiary/aromatic N) is 1. The van der Waals surface area contributed by atoms with E-state index in [0.717, 1.165) is 5.56 Å². The smallest absolute Gasteiger partial charge is 0.337 e. The summed E-state index contributed by atoms with van der Waals surface area (Å²) >= 11 is 0. The number of benzene rings is 2. The summed E-state index contributed by atoms with van der Waals surface area (Å²) < 4.78 is 23.4. The van der Waals surface area contributed by atoms with Gasteiger partial charge in [-0.05, 0) is 42.3 Å². The van der Waals surface area contributed by atoms with E-state index in [0.29, 0.717) is 22.4 Å². The molecular weight excluding hydrogens is 389 g/mol. The van der Waals surface area contributed by atoms with Gasteiger partial charge in [-0.3, -0.25) is 4.79 Å². The van der Waals surface area contributed by atoms with E-state index >= 15 is 0 Å². The number of allylic oxidation sites excluding steroid dienone is 1. The molecule has 0 spiro atoms. The van der Waals surface area contributed by atoms with Gasteiger partial charge in [-0.1, -0.05) is 24.3 Å². The molecule has 0 N–H and O–H groups in total. The lowest BCUT2D eigenvalue weighted by atomic mass is 9.83. The van der Waals surface area contributed by atoms with Gasteiger partial charge in [0.1, 0.15) is 5.82 Å². The number of ether oxygens (including phenoxy) is 2. The molecule has 1 atom stereocenters. The van der Waals surface area contributed by atoms with Gasteiger partial charge in [0.2, 0.25) is 5.91 Å². The predicted octanol–water partition coefficient (Wildman–Crippen LogP) is 3.58. The fourth-order valence-corrected chi connectivity index (χ4v) is 3.63. The quantitative estimate of drug-likeness (QED) is 0.704. The largest absolute Gasteiger partial charge is 0.466 e. The van der Waals surface area contributed by atoms with Gasteiger partial charge in [0.05, 0.1) is 31.9 Å². The monoisotopic (exact) mass is 411 g/mol. The maximum absolute atomic E-state index is 13.7. The Morgan fingerprint density at radius 1 is 1.07 bits per heavy atom. The summed E-state index contributed by atoms with van der Waals surface area (Å²) in [5.41, 5.74) is 2.52. The number of hydrogen-bond donors (Lipinski definition) is 0. The number of esters is 2. The maximum Gasteiger partial charge on any atom is 0.337 e. The molecule has 0 aromatic heterocycles. The van der Waals surface area contributed by atoms with Crippen molar-refractivity contribution >= 4 is 17.8 Å². The molecule has 156 valence electrons. The van der Waals surface area contributed by atoms with Crippen molar-refractivity contribution in [2.75, 3.05) is 14.2 Å². The molecule has 2 aromatic carbocycles. The minimum Gasteiger partial charge on any atom is -0.466 e. The fraction of sp³-hybridized carbons (Fsp3) is 0.261. The van der Waals surface area contributed by atoms with Crippen LogP contribution in [0.3, 0.4) is 0 Å². The first-order chi connectivity index (χ1) is 14.3. The van der Waals surface area contributed by atoms with Crippen LogP contribution in [0.2, 0.25) is 0 Å². The van der Waals surface area contributed by atoms with Crippen LogP contribution in [-0.4, -0.2) is 37.0 Å². The Bertz CT molecular complexity index is 1010. The van der Waals surface area contributed by atoms with Crippen molar-refractivity contribution in [2.45, 2.75) is 25.8 Å². The van der Waals surface area contributed by atoms with Crippen molar-refractivity contribution in [3.63, 3.8) is 0 Å². The normalized spacial score (nSPS) is 16.5. The van der Waals surface area contributed by atoms with Gasteiger partial charge < -0.3 is 14.4 Å². The van der Waals surface area contributed by atoms with Gasteiger partial charge in [-0.2, -0.15) is 0 Å². The molecule has 1 aliphatic rings. The topological polar surface area (TPSA) is 72.9 Å². The van der Waals surface area contributed by atoms with Gasteiger partial charge in [-0.15, -0.1) is 0 Å². The molecule has 0 fully saturated rings. The number of amides is 1.